The Morgan fingerprint density at radius 1 is 1.39 bits per heavy atom. The number of benzene rings is 1. The van der Waals surface area contributed by atoms with Gasteiger partial charge in [-0.2, -0.15) is 0 Å². The van der Waals surface area contributed by atoms with Gasteiger partial charge in [0.2, 0.25) is 0 Å². The van der Waals surface area contributed by atoms with Crippen molar-refractivity contribution in [2.24, 2.45) is 0 Å². The minimum atomic E-state index is -0.756. The number of cyclic esters (lactones) is 1. The van der Waals surface area contributed by atoms with E-state index in [0.29, 0.717) is 6.61 Å². The van der Waals surface area contributed by atoms with E-state index in [2.05, 4.69) is 0 Å². The number of carbonyl (C=O) groups excluding carboxylic acids is 1. The number of methoxy groups -OCH3 is 1. The molecule has 0 amide bonds. The minimum Gasteiger partial charge on any atom is -0.497 e. The number of hydrogen-bond acceptors (Lipinski definition) is 5. The van der Waals surface area contributed by atoms with Gasteiger partial charge in [-0.25, -0.2) is 0 Å². The van der Waals surface area contributed by atoms with E-state index < -0.39 is 12.2 Å². The van der Waals surface area contributed by atoms with Crippen LogP contribution in [0.1, 0.15) is 12.0 Å². The molecular weight excluding hydrogens is 236 g/mol. The molecular formula is C13H16O5. The Kier molecular flexibility index (Phi) is 4.17. The van der Waals surface area contributed by atoms with Crippen LogP contribution in [-0.4, -0.2) is 37.0 Å². The van der Waals surface area contributed by atoms with Crippen molar-refractivity contribution in [2.45, 2.75) is 25.2 Å². The standard InChI is InChI=1S/C13H16O5/c1-16-10-4-2-9(3-5-10)7-17-8-12-11(14)6-13(15)18-12/h2-5,11-12,14H,6-8H2,1H3/t11-,12+/m1/s1. The molecule has 2 rings (SSSR count). The third-order valence-electron chi connectivity index (χ3n) is 2.80. The van der Waals surface area contributed by atoms with E-state index in [1.54, 1.807) is 7.11 Å². The van der Waals surface area contributed by atoms with Gasteiger partial charge in [0.25, 0.3) is 0 Å². The molecule has 18 heavy (non-hydrogen) atoms. The zero-order valence-electron chi connectivity index (χ0n) is 10.2. The Morgan fingerprint density at radius 3 is 2.67 bits per heavy atom. The molecule has 1 fully saturated rings. The first-order valence-electron chi connectivity index (χ1n) is 5.77. The normalized spacial score (nSPS) is 22.9. The average Bonchev–Trinajstić information content (AvgIpc) is 2.69. The summed E-state index contributed by atoms with van der Waals surface area (Å²) in [5, 5.41) is 9.48. The fourth-order valence-corrected chi connectivity index (χ4v) is 1.76. The molecule has 0 unspecified atom stereocenters. The largest absolute Gasteiger partial charge is 0.497 e. The number of esters is 1. The number of hydrogen-bond donors (Lipinski definition) is 1. The van der Waals surface area contributed by atoms with Crippen LogP contribution in [0.5, 0.6) is 5.75 Å². The van der Waals surface area contributed by atoms with Crippen LogP contribution in [0.4, 0.5) is 0 Å². The zero-order valence-corrected chi connectivity index (χ0v) is 10.2. The quantitative estimate of drug-likeness (QED) is 0.788. The molecule has 1 aromatic carbocycles. The van der Waals surface area contributed by atoms with Gasteiger partial charge in [0, 0.05) is 0 Å². The Hall–Kier alpha value is -1.59. The highest BCUT2D eigenvalue weighted by molar-refractivity contribution is 5.72. The molecule has 0 saturated carbocycles. The van der Waals surface area contributed by atoms with Gasteiger partial charge in [0.1, 0.15) is 11.9 Å². The highest BCUT2D eigenvalue weighted by Crippen LogP contribution is 2.16. The summed E-state index contributed by atoms with van der Waals surface area (Å²) in [5.74, 6) is 0.416. The van der Waals surface area contributed by atoms with Crippen LogP contribution in [-0.2, 0) is 20.9 Å². The lowest BCUT2D eigenvalue weighted by molar-refractivity contribution is -0.144. The highest BCUT2D eigenvalue weighted by Gasteiger charge is 2.33. The van der Waals surface area contributed by atoms with Crippen molar-refractivity contribution in [3.8, 4) is 5.75 Å². The Balaban J connectivity index is 1.76. The molecule has 1 N–H and O–H groups in total. The maximum absolute atomic E-state index is 10.9. The van der Waals surface area contributed by atoms with Crippen LogP contribution in [0, 0.1) is 0 Å². The summed E-state index contributed by atoms with van der Waals surface area (Å²) in [7, 11) is 1.61. The second-order valence-corrected chi connectivity index (χ2v) is 4.16. The molecule has 1 aromatic rings. The van der Waals surface area contributed by atoms with Gasteiger partial charge in [-0.15, -0.1) is 0 Å². The third kappa shape index (κ3) is 3.21. The molecule has 2 atom stereocenters. The van der Waals surface area contributed by atoms with Gasteiger partial charge >= 0.3 is 5.97 Å². The predicted octanol–water partition coefficient (Wildman–Crippen LogP) is 0.888. The summed E-state index contributed by atoms with van der Waals surface area (Å²) in [6.07, 6.45) is -1.25. The molecule has 1 saturated heterocycles. The monoisotopic (exact) mass is 252 g/mol. The van der Waals surface area contributed by atoms with Gasteiger partial charge in [-0.05, 0) is 17.7 Å². The minimum absolute atomic E-state index is 0.0521. The molecule has 0 aromatic heterocycles. The second kappa shape index (κ2) is 5.84. The van der Waals surface area contributed by atoms with Crippen LogP contribution in [0.2, 0.25) is 0 Å². The molecule has 0 aliphatic carbocycles. The number of rotatable bonds is 5. The number of aliphatic hydroxyl groups excluding tert-OH is 1. The molecule has 1 heterocycles. The van der Waals surface area contributed by atoms with E-state index in [-0.39, 0.29) is 19.0 Å². The van der Waals surface area contributed by atoms with E-state index in [0.717, 1.165) is 11.3 Å². The Labute approximate surface area is 105 Å². The van der Waals surface area contributed by atoms with Crippen LogP contribution < -0.4 is 4.74 Å². The number of carbonyl (C=O) groups is 1. The van der Waals surface area contributed by atoms with Crippen molar-refractivity contribution in [3.05, 3.63) is 29.8 Å². The molecule has 1 aliphatic rings. The third-order valence-corrected chi connectivity index (χ3v) is 2.80. The molecule has 5 nitrogen and oxygen atoms in total. The molecule has 98 valence electrons. The van der Waals surface area contributed by atoms with E-state index in [1.165, 1.54) is 0 Å². The molecule has 0 radical (unpaired) electrons. The molecule has 0 spiro atoms. The first kappa shape index (κ1) is 12.9. The lowest BCUT2D eigenvalue weighted by atomic mass is 10.2. The molecule has 1 aliphatic heterocycles. The highest BCUT2D eigenvalue weighted by atomic mass is 16.6. The lowest BCUT2D eigenvalue weighted by Gasteiger charge is -2.13. The van der Waals surface area contributed by atoms with E-state index in [9.17, 15) is 9.90 Å². The maximum Gasteiger partial charge on any atom is 0.309 e. The summed E-state index contributed by atoms with van der Waals surface area (Å²) in [5.41, 5.74) is 0.995. The van der Waals surface area contributed by atoms with Crippen LogP contribution >= 0.6 is 0 Å². The molecule has 0 bridgehead atoms. The smallest absolute Gasteiger partial charge is 0.309 e. The fourth-order valence-electron chi connectivity index (χ4n) is 1.76. The van der Waals surface area contributed by atoms with Crippen molar-refractivity contribution in [3.63, 3.8) is 0 Å². The van der Waals surface area contributed by atoms with Gasteiger partial charge in [0.15, 0.2) is 6.10 Å². The predicted molar refractivity (Wildman–Crippen MR) is 63.2 cm³/mol. The first-order valence-corrected chi connectivity index (χ1v) is 5.77. The Morgan fingerprint density at radius 2 is 2.11 bits per heavy atom. The van der Waals surface area contributed by atoms with Crippen molar-refractivity contribution < 1.29 is 24.1 Å². The van der Waals surface area contributed by atoms with Crippen LogP contribution in [0.15, 0.2) is 24.3 Å². The van der Waals surface area contributed by atoms with Crippen LogP contribution in [0.3, 0.4) is 0 Å². The van der Waals surface area contributed by atoms with Gasteiger partial charge in [-0.1, -0.05) is 12.1 Å². The van der Waals surface area contributed by atoms with Crippen molar-refractivity contribution in [1.29, 1.82) is 0 Å². The summed E-state index contributed by atoms with van der Waals surface area (Å²) in [6.45, 7) is 0.615. The fraction of sp³-hybridized carbons (Fsp3) is 0.462. The summed E-state index contributed by atoms with van der Waals surface area (Å²) >= 11 is 0. The SMILES string of the molecule is COc1ccc(COC[C@@H]2OC(=O)C[C@H]2O)cc1. The average molecular weight is 252 g/mol. The van der Waals surface area contributed by atoms with Crippen molar-refractivity contribution in [2.75, 3.05) is 13.7 Å². The Bertz CT molecular complexity index is 400. The number of aliphatic hydroxyl groups is 1. The van der Waals surface area contributed by atoms with Gasteiger partial charge in [-0.3, -0.25) is 4.79 Å². The summed E-state index contributed by atoms with van der Waals surface area (Å²) in [4.78, 5) is 10.9. The van der Waals surface area contributed by atoms with E-state index >= 15 is 0 Å². The maximum atomic E-state index is 10.9. The summed E-state index contributed by atoms with van der Waals surface area (Å²) < 4.78 is 15.4. The van der Waals surface area contributed by atoms with Gasteiger partial charge in [0.05, 0.1) is 26.7 Å². The van der Waals surface area contributed by atoms with Crippen molar-refractivity contribution in [1.82, 2.24) is 0 Å². The van der Waals surface area contributed by atoms with Crippen LogP contribution in [0.25, 0.3) is 0 Å². The lowest BCUT2D eigenvalue weighted by Crippen LogP contribution is -2.26. The molecule has 5 heteroatoms. The van der Waals surface area contributed by atoms with E-state index in [4.69, 9.17) is 14.2 Å². The zero-order chi connectivity index (χ0) is 13.0. The second-order valence-electron chi connectivity index (χ2n) is 4.16. The van der Waals surface area contributed by atoms with E-state index in [1.807, 2.05) is 24.3 Å². The topological polar surface area (TPSA) is 65.0 Å². The van der Waals surface area contributed by atoms with Gasteiger partial charge < -0.3 is 19.3 Å². The van der Waals surface area contributed by atoms with Crippen molar-refractivity contribution >= 4 is 5.97 Å². The first-order chi connectivity index (χ1) is 8.69. The summed E-state index contributed by atoms with van der Waals surface area (Å²) in [6, 6.07) is 7.50. The number of ether oxygens (including phenoxy) is 3.